The van der Waals surface area contributed by atoms with E-state index in [0.29, 0.717) is 17.5 Å². The predicted molar refractivity (Wildman–Crippen MR) is 158 cm³/mol. The van der Waals surface area contributed by atoms with Gasteiger partial charge in [-0.1, -0.05) is 84.9 Å². The Bertz CT molecular complexity index is 2070. The summed E-state index contributed by atoms with van der Waals surface area (Å²) in [6, 6.07) is 38.3. The molecular weight excluding hydrogens is 494 g/mol. The summed E-state index contributed by atoms with van der Waals surface area (Å²) in [5.74, 6) is 1.80. The number of furan rings is 1. The number of para-hydroxylation sites is 1. The maximum atomic E-state index is 6.53. The number of rotatable bonds is 4. The van der Waals surface area contributed by atoms with Crippen molar-refractivity contribution in [2.45, 2.75) is 0 Å². The Morgan fingerprint density at radius 1 is 0.525 bits per heavy atom. The summed E-state index contributed by atoms with van der Waals surface area (Å²) < 4.78 is 8.55. The lowest BCUT2D eigenvalue weighted by Gasteiger charge is -2.08. The van der Waals surface area contributed by atoms with Gasteiger partial charge in [-0.15, -0.1) is 0 Å². The summed E-state index contributed by atoms with van der Waals surface area (Å²) in [6.07, 6.45) is 4.03. The van der Waals surface area contributed by atoms with Crippen molar-refractivity contribution >= 4 is 27.6 Å². The monoisotopic (exact) mass is 515 g/mol. The Kier molecular flexibility index (Phi) is 5.03. The van der Waals surface area contributed by atoms with Crippen LogP contribution in [0.15, 0.2) is 132 Å². The molecule has 0 N–H and O–H groups in total. The summed E-state index contributed by atoms with van der Waals surface area (Å²) >= 11 is 0. The molecule has 40 heavy (non-hydrogen) atoms. The van der Waals surface area contributed by atoms with Crippen LogP contribution < -0.4 is 0 Å². The van der Waals surface area contributed by atoms with Gasteiger partial charge in [-0.3, -0.25) is 0 Å². The molecule has 0 atom stereocenters. The molecule has 4 aromatic carbocycles. The lowest BCUT2D eigenvalue weighted by Crippen LogP contribution is -2.00. The number of nitrogens with zero attached hydrogens (tertiary/aromatic N) is 5. The van der Waals surface area contributed by atoms with Crippen molar-refractivity contribution in [2.24, 2.45) is 0 Å². The Morgan fingerprint density at radius 2 is 1.23 bits per heavy atom. The summed E-state index contributed by atoms with van der Waals surface area (Å²) in [6.45, 7) is 0. The Labute approximate surface area is 229 Å². The third kappa shape index (κ3) is 3.74. The first kappa shape index (κ1) is 22.4. The minimum absolute atomic E-state index is 0.568. The largest absolute Gasteiger partial charge is 0.455 e. The van der Waals surface area contributed by atoms with Crippen LogP contribution in [0.4, 0.5) is 0 Å². The molecule has 4 heterocycles. The molecule has 0 unspecified atom stereocenters. The molecule has 0 bridgehead atoms. The number of hydrogen-bond donors (Lipinski definition) is 0. The zero-order chi connectivity index (χ0) is 26.5. The van der Waals surface area contributed by atoms with E-state index in [2.05, 4.69) is 24.3 Å². The van der Waals surface area contributed by atoms with Gasteiger partial charge in [-0.25, -0.2) is 19.9 Å². The maximum absolute atomic E-state index is 6.53. The van der Waals surface area contributed by atoms with Crippen LogP contribution in [0.1, 0.15) is 0 Å². The van der Waals surface area contributed by atoms with E-state index in [9.17, 15) is 0 Å². The van der Waals surface area contributed by atoms with Crippen molar-refractivity contribution in [2.75, 3.05) is 0 Å². The van der Waals surface area contributed by atoms with Crippen LogP contribution in [0.3, 0.4) is 0 Å². The fourth-order valence-electron chi connectivity index (χ4n) is 5.14. The summed E-state index contributed by atoms with van der Waals surface area (Å²) in [4.78, 5) is 19.4. The molecule has 0 fully saturated rings. The van der Waals surface area contributed by atoms with E-state index in [-0.39, 0.29) is 0 Å². The fourth-order valence-corrected chi connectivity index (χ4v) is 5.14. The van der Waals surface area contributed by atoms with Crippen LogP contribution in [0.2, 0.25) is 0 Å². The van der Waals surface area contributed by atoms with Gasteiger partial charge in [0.1, 0.15) is 16.8 Å². The number of fused-ring (bicyclic) bond motifs is 4. The predicted octanol–water partition coefficient (Wildman–Crippen LogP) is 8.09. The molecule has 8 aromatic rings. The van der Waals surface area contributed by atoms with E-state index >= 15 is 0 Å². The van der Waals surface area contributed by atoms with Gasteiger partial charge in [0.25, 0.3) is 0 Å². The standard InChI is InChI=1S/C34H21N5O/c1-3-10-22(11-4-1)32-36-33(23-12-5-2-6-13-23)38-34(37-32)27-15-9-14-26-25-18-17-24(20-29(25)40-31(26)27)28-21-39-19-8-7-16-30(39)35-28/h1-21H. The third-order valence-corrected chi connectivity index (χ3v) is 7.10. The third-order valence-electron chi connectivity index (χ3n) is 7.10. The van der Waals surface area contributed by atoms with E-state index in [1.807, 2.05) is 108 Å². The summed E-state index contributed by atoms with van der Waals surface area (Å²) in [5.41, 5.74) is 7.00. The van der Waals surface area contributed by atoms with E-state index < -0.39 is 0 Å². The van der Waals surface area contributed by atoms with Crippen molar-refractivity contribution < 1.29 is 4.42 Å². The van der Waals surface area contributed by atoms with Gasteiger partial charge in [-0.05, 0) is 30.3 Å². The maximum Gasteiger partial charge on any atom is 0.167 e. The SMILES string of the molecule is c1ccc(-c2nc(-c3ccccc3)nc(-c3cccc4c3oc3cc(-c5cn6ccccc6n5)ccc34)n2)cc1. The summed E-state index contributed by atoms with van der Waals surface area (Å²) in [7, 11) is 0. The highest BCUT2D eigenvalue weighted by molar-refractivity contribution is 6.09. The van der Waals surface area contributed by atoms with Crippen molar-refractivity contribution in [1.82, 2.24) is 24.3 Å². The molecule has 0 amide bonds. The van der Waals surface area contributed by atoms with Crippen LogP contribution in [-0.2, 0) is 0 Å². The van der Waals surface area contributed by atoms with Crippen molar-refractivity contribution in [3.8, 4) is 45.4 Å². The first-order valence-corrected chi connectivity index (χ1v) is 13.1. The number of aromatic nitrogens is 5. The highest BCUT2D eigenvalue weighted by atomic mass is 16.3. The van der Waals surface area contributed by atoms with Gasteiger partial charge >= 0.3 is 0 Å². The molecule has 0 radical (unpaired) electrons. The zero-order valence-corrected chi connectivity index (χ0v) is 21.3. The lowest BCUT2D eigenvalue weighted by molar-refractivity contribution is 0.669. The highest BCUT2D eigenvalue weighted by Gasteiger charge is 2.18. The number of pyridine rings is 1. The van der Waals surface area contributed by atoms with E-state index in [1.165, 1.54) is 0 Å². The normalized spacial score (nSPS) is 11.5. The number of hydrogen-bond acceptors (Lipinski definition) is 5. The smallest absolute Gasteiger partial charge is 0.167 e. The number of imidazole rings is 1. The van der Waals surface area contributed by atoms with Crippen LogP contribution in [0.25, 0.3) is 73.0 Å². The van der Waals surface area contributed by atoms with Gasteiger partial charge in [0.15, 0.2) is 17.5 Å². The number of benzene rings is 4. The Hall–Kier alpha value is -5.62. The molecule has 0 aliphatic rings. The Balaban J connectivity index is 1.31. The second kappa shape index (κ2) is 8.99. The molecule has 0 saturated heterocycles. The molecular formula is C34H21N5O. The fraction of sp³-hybridized carbons (Fsp3) is 0. The quantitative estimate of drug-likeness (QED) is 0.237. The molecule has 8 rings (SSSR count). The summed E-state index contributed by atoms with van der Waals surface area (Å²) in [5, 5.41) is 2.04. The van der Waals surface area contributed by atoms with Crippen LogP contribution >= 0.6 is 0 Å². The minimum Gasteiger partial charge on any atom is -0.455 e. The molecule has 0 aliphatic heterocycles. The van der Waals surface area contributed by atoms with Gasteiger partial charge in [0.05, 0.1) is 11.3 Å². The van der Waals surface area contributed by atoms with E-state index in [0.717, 1.165) is 55.5 Å². The van der Waals surface area contributed by atoms with Crippen LogP contribution in [0.5, 0.6) is 0 Å². The molecule has 0 aliphatic carbocycles. The van der Waals surface area contributed by atoms with Gasteiger partial charge in [0, 0.05) is 39.9 Å². The molecule has 6 heteroatoms. The van der Waals surface area contributed by atoms with Crippen molar-refractivity contribution in [3.63, 3.8) is 0 Å². The van der Waals surface area contributed by atoms with Crippen LogP contribution in [-0.4, -0.2) is 24.3 Å². The van der Waals surface area contributed by atoms with Crippen molar-refractivity contribution in [3.05, 3.63) is 128 Å². The first-order valence-electron chi connectivity index (χ1n) is 13.1. The lowest BCUT2D eigenvalue weighted by atomic mass is 10.1. The van der Waals surface area contributed by atoms with Gasteiger partial charge in [-0.2, -0.15) is 0 Å². The molecule has 4 aromatic heterocycles. The second-order valence-electron chi connectivity index (χ2n) is 9.63. The molecule has 6 nitrogen and oxygen atoms in total. The average molecular weight is 516 g/mol. The highest BCUT2D eigenvalue weighted by Crippen LogP contribution is 2.37. The van der Waals surface area contributed by atoms with E-state index in [1.54, 1.807) is 0 Å². The van der Waals surface area contributed by atoms with Crippen molar-refractivity contribution in [1.29, 1.82) is 0 Å². The molecule has 0 spiro atoms. The second-order valence-corrected chi connectivity index (χ2v) is 9.63. The van der Waals surface area contributed by atoms with Gasteiger partial charge in [0.2, 0.25) is 0 Å². The van der Waals surface area contributed by atoms with Gasteiger partial charge < -0.3 is 8.82 Å². The van der Waals surface area contributed by atoms with E-state index in [4.69, 9.17) is 24.4 Å². The Morgan fingerprint density at radius 3 is 1.95 bits per heavy atom. The molecule has 0 saturated carbocycles. The average Bonchev–Trinajstić information content (AvgIpc) is 3.63. The minimum atomic E-state index is 0.568. The zero-order valence-electron chi connectivity index (χ0n) is 21.3. The molecule has 188 valence electrons. The topological polar surface area (TPSA) is 69.1 Å². The first-order chi connectivity index (χ1) is 19.8. The van der Waals surface area contributed by atoms with Crippen LogP contribution in [0, 0.1) is 0 Å².